The van der Waals surface area contributed by atoms with Gasteiger partial charge in [0.15, 0.2) is 5.58 Å². The molecule has 0 saturated heterocycles. The molecule has 0 amide bonds. The number of hydrogen-bond acceptors (Lipinski definition) is 3. The molecule has 0 saturated carbocycles. The molecule has 0 fully saturated rings. The van der Waals surface area contributed by atoms with Crippen molar-refractivity contribution in [1.29, 1.82) is 0 Å². The van der Waals surface area contributed by atoms with Gasteiger partial charge in [0.05, 0.1) is 23.5 Å². The maximum atomic E-state index is 6.35. The van der Waals surface area contributed by atoms with Crippen molar-refractivity contribution in [2.24, 2.45) is 0 Å². The van der Waals surface area contributed by atoms with Crippen molar-refractivity contribution in [1.82, 2.24) is 4.98 Å². The van der Waals surface area contributed by atoms with Gasteiger partial charge >= 0.3 is 0 Å². The molecule has 6 aromatic carbocycles. The minimum absolute atomic E-state index is 0.772. The fourth-order valence-electron chi connectivity index (χ4n) is 5.86. The molecule has 0 bridgehead atoms. The summed E-state index contributed by atoms with van der Waals surface area (Å²) in [6.45, 7) is 0. The summed E-state index contributed by atoms with van der Waals surface area (Å²) in [5.41, 5.74) is 9.51. The third kappa shape index (κ3) is 4.20. The highest BCUT2D eigenvalue weighted by molar-refractivity contribution is 6.16. The van der Waals surface area contributed by atoms with Crippen LogP contribution in [0.2, 0.25) is 0 Å². The molecule has 42 heavy (non-hydrogen) atoms. The lowest BCUT2D eigenvalue weighted by Crippen LogP contribution is -2.10. The average Bonchev–Trinajstić information content (AvgIpc) is 3.43. The molecule has 0 aliphatic heterocycles. The first kappa shape index (κ1) is 24.2. The molecule has 8 rings (SSSR count). The molecule has 3 heteroatoms. The number of pyridine rings is 1. The second kappa shape index (κ2) is 10.1. The van der Waals surface area contributed by atoms with Crippen molar-refractivity contribution < 1.29 is 4.42 Å². The quantitative estimate of drug-likeness (QED) is 0.218. The standard InChI is InChI=1S/C39H26N2O/c1-3-9-27(10-4-1)28-15-17-29(18-16-28)30-19-21-34(22-20-30)41(33-13-5-2-6-14-33)36-25-40-26-38-39(36)35-23-31-11-7-8-12-32(31)24-37(35)42-38/h1-26H. The smallest absolute Gasteiger partial charge is 0.155 e. The fourth-order valence-corrected chi connectivity index (χ4v) is 5.86. The summed E-state index contributed by atoms with van der Waals surface area (Å²) < 4.78 is 6.35. The number of furan rings is 1. The Bertz CT molecular complexity index is 2170. The van der Waals surface area contributed by atoms with Crippen LogP contribution >= 0.6 is 0 Å². The second-order valence-electron chi connectivity index (χ2n) is 10.5. The summed E-state index contributed by atoms with van der Waals surface area (Å²) in [5, 5.41) is 4.47. The van der Waals surface area contributed by atoms with E-state index in [-0.39, 0.29) is 0 Å². The van der Waals surface area contributed by atoms with E-state index in [4.69, 9.17) is 4.42 Å². The Morgan fingerprint density at radius 1 is 0.452 bits per heavy atom. The summed E-state index contributed by atoms with van der Waals surface area (Å²) in [5.74, 6) is 0. The van der Waals surface area contributed by atoms with E-state index in [0.717, 1.165) is 44.4 Å². The minimum atomic E-state index is 0.772. The molecule has 0 aliphatic carbocycles. The topological polar surface area (TPSA) is 29.3 Å². The van der Waals surface area contributed by atoms with Crippen molar-refractivity contribution in [2.75, 3.05) is 4.90 Å². The number of aromatic nitrogens is 1. The molecule has 0 unspecified atom stereocenters. The van der Waals surface area contributed by atoms with Gasteiger partial charge in [-0.25, -0.2) is 0 Å². The predicted octanol–water partition coefficient (Wildman–Crippen LogP) is 10.9. The molecule has 0 spiro atoms. The van der Waals surface area contributed by atoms with Crippen LogP contribution in [0.4, 0.5) is 17.1 Å². The van der Waals surface area contributed by atoms with Crippen LogP contribution in [0.3, 0.4) is 0 Å². The monoisotopic (exact) mass is 538 g/mol. The zero-order valence-electron chi connectivity index (χ0n) is 22.8. The highest BCUT2D eigenvalue weighted by atomic mass is 16.3. The highest BCUT2D eigenvalue weighted by Crippen LogP contribution is 2.43. The van der Waals surface area contributed by atoms with E-state index in [1.165, 1.54) is 27.6 Å². The summed E-state index contributed by atoms with van der Waals surface area (Å²) in [4.78, 5) is 6.88. The van der Waals surface area contributed by atoms with Crippen LogP contribution < -0.4 is 4.90 Å². The lowest BCUT2D eigenvalue weighted by atomic mass is 10.00. The van der Waals surface area contributed by atoms with Crippen LogP contribution in [0.25, 0.3) is 55.0 Å². The third-order valence-corrected chi connectivity index (χ3v) is 7.93. The van der Waals surface area contributed by atoms with Gasteiger partial charge in [-0.2, -0.15) is 0 Å². The van der Waals surface area contributed by atoms with E-state index >= 15 is 0 Å². The van der Waals surface area contributed by atoms with Gasteiger partial charge in [-0.15, -0.1) is 0 Å². The van der Waals surface area contributed by atoms with Crippen LogP contribution in [0.1, 0.15) is 0 Å². The Morgan fingerprint density at radius 3 is 1.64 bits per heavy atom. The molecular weight excluding hydrogens is 512 g/mol. The Hall–Kier alpha value is -5.67. The molecule has 0 radical (unpaired) electrons. The Kier molecular flexibility index (Phi) is 5.79. The molecule has 198 valence electrons. The Labute approximate surface area is 243 Å². The summed E-state index contributed by atoms with van der Waals surface area (Å²) in [6.07, 6.45) is 3.75. The van der Waals surface area contributed by atoms with Crippen molar-refractivity contribution in [3.63, 3.8) is 0 Å². The van der Waals surface area contributed by atoms with Gasteiger partial charge in [0, 0.05) is 16.8 Å². The first-order valence-electron chi connectivity index (χ1n) is 14.1. The van der Waals surface area contributed by atoms with E-state index in [2.05, 4.69) is 143 Å². The maximum Gasteiger partial charge on any atom is 0.155 e. The number of hydrogen-bond donors (Lipinski definition) is 0. The van der Waals surface area contributed by atoms with Crippen LogP contribution in [0, 0.1) is 0 Å². The summed E-state index contributed by atoms with van der Waals surface area (Å²) in [7, 11) is 0. The number of rotatable bonds is 5. The van der Waals surface area contributed by atoms with Gasteiger partial charge in [-0.3, -0.25) is 4.98 Å². The number of para-hydroxylation sites is 1. The predicted molar refractivity (Wildman–Crippen MR) is 175 cm³/mol. The van der Waals surface area contributed by atoms with Crippen molar-refractivity contribution in [3.8, 4) is 22.3 Å². The van der Waals surface area contributed by atoms with E-state index in [1.807, 2.05) is 24.5 Å². The normalized spacial score (nSPS) is 11.3. The largest absolute Gasteiger partial charge is 0.454 e. The maximum absolute atomic E-state index is 6.35. The molecule has 8 aromatic rings. The van der Waals surface area contributed by atoms with Gasteiger partial charge in [-0.1, -0.05) is 109 Å². The van der Waals surface area contributed by atoms with Crippen molar-refractivity contribution in [3.05, 3.63) is 158 Å². The summed E-state index contributed by atoms with van der Waals surface area (Å²) in [6, 6.07) is 51.2. The Balaban J connectivity index is 1.24. The molecule has 2 aromatic heterocycles. The first-order valence-corrected chi connectivity index (χ1v) is 14.1. The highest BCUT2D eigenvalue weighted by Gasteiger charge is 2.20. The molecule has 0 aliphatic rings. The SMILES string of the molecule is c1ccc(-c2ccc(-c3ccc(N(c4ccccc4)c4cncc5oc6cc7ccccc7cc6c45)cc3)cc2)cc1. The van der Waals surface area contributed by atoms with E-state index in [1.54, 1.807) is 0 Å². The zero-order chi connectivity index (χ0) is 27.9. The number of benzene rings is 6. The van der Waals surface area contributed by atoms with Crippen LogP contribution in [0.5, 0.6) is 0 Å². The number of anilines is 3. The third-order valence-electron chi connectivity index (χ3n) is 7.93. The minimum Gasteiger partial charge on any atom is -0.454 e. The Morgan fingerprint density at radius 2 is 0.976 bits per heavy atom. The van der Waals surface area contributed by atoms with Crippen molar-refractivity contribution >= 4 is 49.8 Å². The lowest BCUT2D eigenvalue weighted by Gasteiger charge is -2.26. The van der Waals surface area contributed by atoms with Gasteiger partial charge < -0.3 is 9.32 Å². The van der Waals surface area contributed by atoms with Crippen molar-refractivity contribution in [2.45, 2.75) is 0 Å². The zero-order valence-corrected chi connectivity index (χ0v) is 22.8. The lowest BCUT2D eigenvalue weighted by molar-refractivity contribution is 0.667. The molecular formula is C39H26N2O. The van der Waals surface area contributed by atoms with Crippen LogP contribution in [-0.4, -0.2) is 4.98 Å². The number of nitrogens with zero attached hydrogens (tertiary/aromatic N) is 2. The van der Waals surface area contributed by atoms with E-state index in [9.17, 15) is 0 Å². The van der Waals surface area contributed by atoms with E-state index < -0.39 is 0 Å². The second-order valence-corrected chi connectivity index (χ2v) is 10.5. The van der Waals surface area contributed by atoms with Crippen LogP contribution in [-0.2, 0) is 0 Å². The molecule has 3 nitrogen and oxygen atoms in total. The van der Waals surface area contributed by atoms with Crippen LogP contribution in [0.15, 0.2) is 162 Å². The van der Waals surface area contributed by atoms with Gasteiger partial charge in [0.25, 0.3) is 0 Å². The van der Waals surface area contributed by atoms with E-state index in [0.29, 0.717) is 0 Å². The van der Waals surface area contributed by atoms with Gasteiger partial charge in [0.2, 0.25) is 0 Å². The molecule has 2 heterocycles. The fraction of sp³-hybridized carbons (Fsp3) is 0. The average molecular weight is 539 g/mol. The molecule has 0 N–H and O–H groups in total. The number of fused-ring (bicyclic) bond motifs is 4. The van der Waals surface area contributed by atoms with Gasteiger partial charge in [-0.05, 0) is 69.4 Å². The molecule has 0 atom stereocenters. The van der Waals surface area contributed by atoms with Gasteiger partial charge in [0.1, 0.15) is 5.58 Å². The summed E-state index contributed by atoms with van der Waals surface area (Å²) >= 11 is 0. The first-order chi connectivity index (χ1) is 20.8.